The lowest BCUT2D eigenvalue weighted by Gasteiger charge is -2.37. The van der Waals surface area contributed by atoms with Crippen LogP contribution in [0.5, 0.6) is 0 Å². The third-order valence-electron chi connectivity index (χ3n) is 4.63. The third-order valence-corrected chi connectivity index (χ3v) is 5.02. The molecule has 3 rings (SSSR count). The standard InChI is InChI=1S/C19H23N3OS.ClH/c1-14-6-5-8-17(15(14)2)21-10-12-22(13-11-21)19(23)20-16-7-3-4-9-18(16)24;/h3-9,24H,10-13H2,1-2H3,(H,20,23);1H. The molecule has 0 aliphatic carbocycles. The van der Waals surface area contributed by atoms with Gasteiger partial charge in [-0.15, -0.1) is 25.0 Å². The maximum absolute atomic E-state index is 12.4. The van der Waals surface area contributed by atoms with Gasteiger partial charge in [0.05, 0.1) is 5.69 Å². The summed E-state index contributed by atoms with van der Waals surface area (Å²) in [5.74, 6) is 0. The summed E-state index contributed by atoms with van der Waals surface area (Å²) in [6, 6.07) is 13.9. The van der Waals surface area contributed by atoms with Gasteiger partial charge in [0.25, 0.3) is 0 Å². The van der Waals surface area contributed by atoms with E-state index in [-0.39, 0.29) is 18.4 Å². The number of urea groups is 1. The van der Waals surface area contributed by atoms with E-state index in [4.69, 9.17) is 0 Å². The van der Waals surface area contributed by atoms with Crippen LogP contribution < -0.4 is 10.2 Å². The van der Waals surface area contributed by atoms with Gasteiger partial charge in [0.15, 0.2) is 0 Å². The Morgan fingerprint density at radius 1 is 1.00 bits per heavy atom. The Labute approximate surface area is 161 Å². The van der Waals surface area contributed by atoms with E-state index in [9.17, 15) is 4.79 Å². The second-order valence-electron chi connectivity index (χ2n) is 6.14. The zero-order valence-corrected chi connectivity index (χ0v) is 16.2. The van der Waals surface area contributed by atoms with Crippen molar-refractivity contribution in [2.45, 2.75) is 18.7 Å². The first-order valence-electron chi connectivity index (χ1n) is 8.21. The molecule has 0 saturated carbocycles. The summed E-state index contributed by atoms with van der Waals surface area (Å²) in [4.78, 5) is 17.4. The third kappa shape index (κ3) is 4.41. The number of para-hydroxylation sites is 1. The van der Waals surface area contributed by atoms with E-state index in [1.54, 1.807) is 0 Å². The van der Waals surface area contributed by atoms with Crippen molar-refractivity contribution >= 4 is 42.4 Å². The molecule has 0 spiro atoms. The van der Waals surface area contributed by atoms with Gasteiger partial charge < -0.3 is 15.1 Å². The second kappa shape index (κ2) is 8.50. The summed E-state index contributed by atoms with van der Waals surface area (Å²) in [7, 11) is 0. The van der Waals surface area contributed by atoms with E-state index in [2.05, 4.69) is 54.9 Å². The van der Waals surface area contributed by atoms with Crippen molar-refractivity contribution in [1.82, 2.24) is 4.90 Å². The summed E-state index contributed by atoms with van der Waals surface area (Å²) in [6.07, 6.45) is 0. The number of amides is 2. The molecule has 2 amide bonds. The van der Waals surface area contributed by atoms with Gasteiger partial charge in [-0.3, -0.25) is 0 Å². The van der Waals surface area contributed by atoms with E-state index in [1.807, 2.05) is 29.2 Å². The topological polar surface area (TPSA) is 35.6 Å². The van der Waals surface area contributed by atoms with Crippen LogP contribution in [-0.4, -0.2) is 37.1 Å². The van der Waals surface area contributed by atoms with Crippen LogP contribution >= 0.6 is 25.0 Å². The lowest BCUT2D eigenvalue weighted by molar-refractivity contribution is 0.208. The number of carbonyl (C=O) groups excluding carboxylic acids is 1. The molecule has 4 nitrogen and oxygen atoms in total. The van der Waals surface area contributed by atoms with Gasteiger partial charge >= 0.3 is 6.03 Å². The fourth-order valence-electron chi connectivity index (χ4n) is 3.00. The number of hydrogen-bond donors (Lipinski definition) is 2. The van der Waals surface area contributed by atoms with E-state index >= 15 is 0 Å². The molecule has 2 aromatic carbocycles. The Kier molecular flexibility index (Phi) is 6.62. The van der Waals surface area contributed by atoms with Crippen LogP contribution in [0.15, 0.2) is 47.4 Å². The molecule has 134 valence electrons. The number of rotatable bonds is 2. The molecule has 0 radical (unpaired) electrons. The molecular weight excluding hydrogens is 354 g/mol. The second-order valence-corrected chi connectivity index (χ2v) is 6.62. The van der Waals surface area contributed by atoms with Gasteiger partial charge in [-0.1, -0.05) is 24.3 Å². The highest BCUT2D eigenvalue weighted by atomic mass is 35.5. The van der Waals surface area contributed by atoms with Gasteiger partial charge in [0, 0.05) is 36.8 Å². The van der Waals surface area contributed by atoms with Gasteiger partial charge in [-0.2, -0.15) is 0 Å². The van der Waals surface area contributed by atoms with E-state index < -0.39 is 0 Å². The molecule has 1 fully saturated rings. The largest absolute Gasteiger partial charge is 0.368 e. The van der Waals surface area contributed by atoms with Crippen LogP contribution in [0.2, 0.25) is 0 Å². The zero-order chi connectivity index (χ0) is 17.1. The van der Waals surface area contributed by atoms with Gasteiger partial charge in [0.2, 0.25) is 0 Å². The predicted octanol–water partition coefficient (Wildman–Crippen LogP) is 4.37. The van der Waals surface area contributed by atoms with Crippen LogP contribution in [0.1, 0.15) is 11.1 Å². The van der Waals surface area contributed by atoms with Crippen LogP contribution in [0.25, 0.3) is 0 Å². The maximum atomic E-state index is 12.4. The lowest BCUT2D eigenvalue weighted by Crippen LogP contribution is -2.50. The number of halogens is 1. The van der Waals surface area contributed by atoms with Gasteiger partial charge in [-0.25, -0.2) is 4.79 Å². The Hall–Kier alpha value is -1.85. The van der Waals surface area contributed by atoms with Crippen molar-refractivity contribution in [2.75, 3.05) is 36.4 Å². The van der Waals surface area contributed by atoms with Gasteiger partial charge in [-0.05, 0) is 43.2 Å². The molecule has 6 heteroatoms. The molecule has 1 N–H and O–H groups in total. The molecule has 0 atom stereocenters. The molecule has 1 heterocycles. The highest BCUT2D eigenvalue weighted by Gasteiger charge is 2.22. The average molecular weight is 378 g/mol. The fourth-order valence-corrected chi connectivity index (χ4v) is 3.22. The normalized spacial score (nSPS) is 14.0. The molecule has 1 saturated heterocycles. The summed E-state index contributed by atoms with van der Waals surface area (Å²) in [5, 5.41) is 2.95. The molecule has 25 heavy (non-hydrogen) atoms. The van der Waals surface area contributed by atoms with E-state index in [1.165, 1.54) is 16.8 Å². The predicted molar refractivity (Wildman–Crippen MR) is 110 cm³/mol. The summed E-state index contributed by atoms with van der Waals surface area (Å²) < 4.78 is 0. The van der Waals surface area contributed by atoms with Crippen LogP contribution in [0, 0.1) is 13.8 Å². The summed E-state index contributed by atoms with van der Waals surface area (Å²) in [6.45, 7) is 7.42. The van der Waals surface area contributed by atoms with Crippen LogP contribution in [-0.2, 0) is 0 Å². The maximum Gasteiger partial charge on any atom is 0.321 e. The van der Waals surface area contributed by atoms with Crippen molar-refractivity contribution in [2.24, 2.45) is 0 Å². The highest BCUT2D eigenvalue weighted by Crippen LogP contribution is 2.24. The van der Waals surface area contributed by atoms with Crippen molar-refractivity contribution in [1.29, 1.82) is 0 Å². The Bertz CT molecular complexity index is 745. The Morgan fingerprint density at radius 3 is 2.36 bits per heavy atom. The number of aryl methyl sites for hydroxylation is 1. The van der Waals surface area contributed by atoms with Crippen molar-refractivity contribution in [3.05, 3.63) is 53.6 Å². The first-order valence-corrected chi connectivity index (χ1v) is 8.66. The number of hydrogen-bond acceptors (Lipinski definition) is 3. The number of anilines is 2. The first kappa shape index (κ1) is 19.5. The number of nitrogens with one attached hydrogen (secondary N) is 1. The van der Waals surface area contributed by atoms with Crippen molar-refractivity contribution in [3.63, 3.8) is 0 Å². The zero-order valence-electron chi connectivity index (χ0n) is 14.5. The molecule has 0 unspecified atom stereocenters. The fraction of sp³-hybridized carbons (Fsp3) is 0.316. The molecule has 1 aliphatic heterocycles. The summed E-state index contributed by atoms with van der Waals surface area (Å²) in [5.41, 5.74) is 4.65. The van der Waals surface area contributed by atoms with Crippen LogP contribution in [0.4, 0.5) is 16.2 Å². The average Bonchev–Trinajstić information content (AvgIpc) is 2.59. The summed E-state index contributed by atoms with van der Waals surface area (Å²) >= 11 is 4.38. The quantitative estimate of drug-likeness (QED) is 0.762. The Morgan fingerprint density at radius 2 is 1.68 bits per heavy atom. The van der Waals surface area contributed by atoms with Crippen LogP contribution in [0.3, 0.4) is 0 Å². The molecule has 1 aliphatic rings. The smallest absolute Gasteiger partial charge is 0.321 e. The molecular formula is C19H24ClN3OS. The van der Waals surface area contributed by atoms with E-state index in [0.717, 1.165) is 23.7 Å². The SMILES string of the molecule is Cc1cccc(N2CCN(C(=O)Nc3ccccc3S)CC2)c1C.Cl. The minimum atomic E-state index is -0.0582. The van der Waals surface area contributed by atoms with E-state index in [0.29, 0.717) is 13.1 Å². The molecule has 2 aromatic rings. The monoisotopic (exact) mass is 377 g/mol. The number of benzene rings is 2. The van der Waals surface area contributed by atoms with Crippen molar-refractivity contribution in [3.8, 4) is 0 Å². The highest BCUT2D eigenvalue weighted by molar-refractivity contribution is 7.80. The lowest BCUT2D eigenvalue weighted by atomic mass is 10.1. The Balaban J connectivity index is 0.00000225. The molecule has 0 bridgehead atoms. The minimum Gasteiger partial charge on any atom is -0.368 e. The number of nitrogens with zero attached hydrogens (tertiary/aromatic N) is 2. The first-order chi connectivity index (χ1) is 11.6. The number of carbonyl (C=O) groups is 1. The van der Waals surface area contributed by atoms with Gasteiger partial charge in [0.1, 0.15) is 0 Å². The molecule has 0 aromatic heterocycles. The number of thiol groups is 1. The number of piperazine rings is 1. The van der Waals surface area contributed by atoms with Crippen molar-refractivity contribution < 1.29 is 4.79 Å². The minimum absolute atomic E-state index is 0.